The van der Waals surface area contributed by atoms with Gasteiger partial charge in [0, 0.05) is 24.8 Å². The highest BCUT2D eigenvalue weighted by atomic mass is 16.6. The summed E-state index contributed by atoms with van der Waals surface area (Å²) < 4.78 is 11.1. The summed E-state index contributed by atoms with van der Waals surface area (Å²) in [6, 6.07) is 0. The van der Waals surface area contributed by atoms with Crippen molar-refractivity contribution in [3.05, 3.63) is 23.5 Å². The minimum Gasteiger partial charge on any atom is -0.457 e. The van der Waals surface area contributed by atoms with E-state index in [0.717, 1.165) is 17.8 Å². The first kappa shape index (κ1) is 13.1. The van der Waals surface area contributed by atoms with Crippen LogP contribution in [0.4, 0.5) is 0 Å². The number of esters is 2. The first-order valence-electron chi connectivity index (χ1n) is 7.65. The molecule has 0 aromatic rings. The van der Waals surface area contributed by atoms with E-state index in [9.17, 15) is 9.59 Å². The van der Waals surface area contributed by atoms with Crippen LogP contribution in [-0.4, -0.2) is 18.0 Å². The Morgan fingerprint density at radius 2 is 2.19 bits per heavy atom. The van der Waals surface area contributed by atoms with E-state index in [1.165, 1.54) is 18.9 Å². The lowest BCUT2D eigenvalue weighted by atomic mass is 9.63. The van der Waals surface area contributed by atoms with Crippen molar-refractivity contribution in [3.63, 3.8) is 0 Å². The SMILES string of the molecule is C=C1[C@H]2C[C@H]2[C@]2(C)CC3=C([C@H](C)C(=O)O3)[C@H](OC(C)=O)[C@@H]12. The number of hydrogen-bond donors (Lipinski definition) is 0. The predicted octanol–water partition coefficient (Wildman–Crippen LogP) is 2.60. The van der Waals surface area contributed by atoms with Crippen molar-refractivity contribution in [2.24, 2.45) is 29.1 Å². The number of rotatable bonds is 1. The van der Waals surface area contributed by atoms with E-state index < -0.39 is 0 Å². The summed E-state index contributed by atoms with van der Waals surface area (Å²) >= 11 is 0. The second kappa shape index (κ2) is 3.79. The van der Waals surface area contributed by atoms with Crippen LogP contribution in [0.5, 0.6) is 0 Å². The molecule has 0 bridgehead atoms. The molecule has 4 heteroatoms. The largest absolute Gasteiger partial charge is 0.457 e. The van der Waals surface area contributed by atoms with Crippen molar-refractivity contribution >= 4 is 11.9 Å². The highest BCUT2D eigenvalue weighted by Gasteiger charge is 2.68. The average Bonchev–Trinajstić information content (AvgIpc) is 3.08. The predicted molar refractivity (Wildman–Crippen MR) is 74.8 cm³/mol. The molecular weight excluding hydrogens is 268 g/mol. The van der Waals surface area contributed by atoms with E-state index in [0.29, 0.717) is 11.8 Å². The number of fused-ring (bicyclic) bond motifs is 3. The molecule has 4 nitrogen and oxygen atoms in total. The number of allylic oxidation sites excluding steroid dienone is 1. The maximum Gasteiger partial charge on any atom is 0.318 e. The van der Waals surface area contributed by atoms with Gasteiger partial charge in [-0.25, -0.2) is 0 Å². The monoisotopic (exact) mass is 288 g/mol. The smallest absolute Gasteiger partial charge is 0.318 e. The Hall–Kier alpha value is -1.58. The molecule has 0 radical (unpaired) electrons. The Morgan fingerprint density at radius 3 is 2.86 bits per heavy atom. The first-order valence-corrected chi connectivity index (χ1v) is 7.65. The van der Waals surface area contributed by atoms with Crippen molar-refractivity contribution < 1.29 is 19.1 Å². The summed E-state index contributed by atoms with van der Waals surface area (Å²) in [6.45, 7) is 9.78. The Labute approximate surface area is 124 Å². The summed E-state index contributed by atoms with van der Waals surface area (Å²) in [5.74, 6) is 1.17. The standard InChI is InChI=1S/C17H20O4/c1-7-10-5-11(10)17(4)6-12-13(8(2)16(19)21-12)15(14(7)17)20-9(3)18/h8,10-11,14-15H,1,5-6H2,2-4H3/t8-,10+,11+,14+,15-,17-/m0/s1. The fourth-order valence-corrected chi connectivity index (χ4v) is 5.02. The summed E-state index contributed by atoms with van der Waals surface area (Å²) in [4.78, 5) is 23.5. The quantitative estimate of drug-likeness (QED) is 0.550. The van der Waals surface area contributed by atoms with Crippen LogP contribution in [0.15, 0.2) is 23.5 Å². The van der Waals surface area contributed by atoms with Gasteiger partial charge in [-0.1, -0.05) is 19.1 Å². The molecule has 112 valence electrons. The van der Waals surface area contributed by atoms with Gasteiger partial charge in [-0.05, 0) is 30.6 Å². The van der Waals surface area contributed by atoms with Crippen LogP contribution in [0.1, 0.15) is 33.6 Å². The van der Waals surface area contributed by atoms with Crippen LogP contribution in [0, 0.1) is 29.1 Å². The van der Waals surface area contributed by atoms with Crippen LogP contribution >= 0.6 is 0 Å². The molecule has 4 aliphatic rings. The Bertz CT molecular complexity index is 616. The molecule has 4 rings (SSSR count). The fraction of sp³-hybridized carbons (Fsp3) is 0.647. The minimum absolute atomic E-state index is 0.00500. The maximum absolute atomic E-state index is 11.9. The molecule has 1 aliphatic heterocycles. The molecule has 2 fully saturated rings. The summed E-state index contributed by atoms with van der Waals surface area (Å²) in [5, 5.41) is 0. The molecule has 2 saturated carbocycles. The van der Waals surface area contributed by atoms with Gasteiger partial charge < -0.3 is 9.47 Å². The molecule has 3 aliphatic carbocycles. The van der Waals surface area contributed by atoms with Gasteiger partial charge in [-0.3, -0.25) is 9.59 Å². The summed E-state index contributed by atoms with van der Waals surface area (Å²) in [6.07, 6.45) is 1.56. The molecular formula is C17H20O4. The normalized spacial score (nSPS) is 46.7. The second-order valence-corrected chi connectivity index (χ2v) is 7.24. The Morgan fingerprint density at radius 1 is 1.48 bits per heavy atom. The van der Waals surface area contributed by atoms with Crippen molar-refractivity contribution in [2.45, 2.75) is 39.7 Å². The average molecular weight is 288 g/mol. The molecule has 0 spiro atoms. The number of ether oxygens (including phenoxy) is 2. The third-order valence-electron chi connectivity index (χ3n) is 6.03. The number of carbonyl (C=O) groups excluding carboxylic acids is 2. The van der Waals surface area contributed by atoms with Gasteiger partial charge in [0.1, 0.15) is 11.9 Å². The lowest BCUT2D eigenvalue weighted by Crippen LogP contribution is -2.43. The molecule has 0 N–H and O–H groups in total. The van der Waals surface area contributed by atoms with E-state index in [2.05, 4.69) is 13.5 Å². The van der Waals surface area contributed by atoms with Gasteiger partial charge in [0.15, 0.2) is 0 Å². The molecule has 0 unspecified atom stereocenters. The maximum atomic E-state index is 11.9. The molecule has 0 amide bonds. The Balaban J connectivity index is 1.82. The molecule has 6 atom stereocenters. The fourth-order valence-electron chi connectivity index (χ4n) is 5.02. The van der Waals surface area contributed by atoms with Gasteiger partial charge >= 0.3 is 11.9 Å². The van der Waals surface area contributed by atoms with E-state index in [1.807, 2.05) is 6.92 Å². The van der Waals surface area contributed by atoms with Gasteiger partial charge in [-0.2, -0.15) is 0 Å². The van der Waals surface area contributed by atoms with Gasteiger partial charge in [-0.15, -0.1) is 0 Å². The minimum atomic E-state index is -0.377. The van der Waals surface area contributed by atoms with Gasteiger partial charge in [0.05, 0.1) is 5.92 Å². The van der Waals surface area contributed by atoms with Crippen molar-refractivity contribution in [1.82, 2.24) is 0 Å². The second-order valence-electron chi connectivity index (χ2n) is 7.24. The number of carbonyl (C=O) groups is 2. The third-order valence-corrected chi connectivity index (χ3v) is 6.03. The molecule has 0 aromatic carbocycles. The highest BCUT2D eigenvalue weighted by molar-refractivity contribution is 5.81. The van der Waals surface area contributed by atoms with E-state index in [-0.39, 0.29) is 35.3 Å². The molecule has 1 heterocycles. The zero-order valence-corrected chi connectivity index (χ0v) is 12.6. The summed E-state index contributed by atoms with van der Waals surface area (Å²) in [7, 11) is 0. The van der Waals surface area contributed by atoms with Crippen LogP contribution in [-0.2, 0) is 19.1 Å². The lowest BCUT2D eigenvalue weighted by Gasteiger charge is -2.43. The first-order chi connectivity index (χ1) is 9.84. The van der Waals surface area contributed by atoms with Crippen LogP contribution in [0.2, 0.25) is 0 Å². The zero-order chi connectivity index (χ0) is 15.1. The number of hydrogen-bond acceptors (Lipinski definition) is 4. The topological polar surface area (TPSA) is 52.6 Å². The van der Waals surface area contributed by atoms with Crippen molar-refractivity contribution in [2.75, 3.05) is 0 Å². The van der Waals surface area contributed by atoms with E-state index in [4.69, 9.17) is 9.47 Å². The zero-order valence-electron chi connectivity index (χ0n) is 12.6. The van der Waals surface area contributed by atoms with Crippen molar-refractivity contribution in [1.29, 1.82) is 0 Å². The van der Waals surface area contributed by atoms with Crippen LogP contribution in [0.3, 0.4) is 0 Å². The van der Waals surface area contributed by atoms with Crippen LogP contribution < -0.4 is 0 Å². The van der Waals surface area contributed by atoms with Crippen molar-refractivity contribution in [3.8, 4) is 0 Å². The van der Waals surface area contributed by atoms with Gasteiger partial charge in [0.2, 0.25) is 0 Å². The lowest BCUT2D eigenvalue weighted by molar-refractivity contribution is -0.149. The van der Waals surface area contributed by atoms with E-state index in [1.54, 1.807) is 0 Å². The molecule has 0 aromatic heterocycles. The Kier molecular flexibility index (Phi) is 2.36. The third kappa shape index (κ3) is 1.51. The summed E-state index contributed by atoms with van der Waals surface area (Å²) in [5.41, 5.74) is 2.08. The van der Waals surface area contributed by atoms with Crippen LogP contribution in [0.25, 0.3) is 0 Å². The highest BCUT2D eigenvalue weighted by Crippen LogP contribution is 2.72. The van der Waals surface area contributed by atoms with Gasteiger partial charge in [0.25, 0.3) is 0 Å². The molecule has 0 saturated heterocycles. The molecule has 21 heavy (non-hydrogen) atoms. The van der Waals surface area contributed by atoms with E-state index >= 15 is 0 Å².